The van der Waals surface area contributed by atoms with Crippen LogP contribution in [-0.2, 0) is 11.2 Å². The zero-order valence-electron chi connectivity index (χ0n) is 17.8. The molecule has 0 aliphatic carbocycles. The van der Waals surface area contributed by atoms with Gasteiger partial charge in [-0.05, 0) is 35.9 Å². The summed E-state index contributed by atoms with van der Waals surface area (Å²) in [5, 5.41) is 2.89. The average molecular weight is 431 g/mol. The van der Waals surface area contributed by atoms with E-state index in [1.54, 1.807) is 47.4 Å². The number of carbonyl (C=O) groups excluding carboxylic acids is 2. The van der Waals surface area contributed by atoms with Gasteiger partial charge in [0.25, 0.3) is 11.8 Å². The van der Waals surface area contributed by atoms with Gasteiger partial charge in [0.2, 0.25) is 0 Å². The Morgan fingerprint density at radius 3 is 2.47 bits per heavy atom. The molecule has 0 unspecified atom stereocenters. The first-order valence-electron chi connectivity index (χ1n) is 10.7. The van der Waals surface area contributed by atoms with Crippen molar-refractivity contribution in [1.29, 1.82) is 0 Å². The fraction of sp³-hybridized carbons (Fsp3) is 0.231. The van der Waals surface area contributed by atoms with Crippen molar-refractivity contribution in [2.24, 2.45) is 0 Å². The van der Waals surface area contributed by atoms with Crippen molar-refractivity contribution < 1.29 is 19.1 Å². The van der Waals surface area contributed by atoms with Gasteiger partial charge in [0.1, 0.15) is 5.75 Å². The number of anilines is 1. The molecular formula is C26H26N2O4. The van der Waals surface area contributed by atoms with Gasteiger partial charge in [0, 0.05) is 30.8 Å². The van der Waals surface area contributed by atoms with Crippen molar-refractivity contribution in [1.82, 2.24) is 4.90 Å². The Hall–Kier alpha value is -3.64. The van der Waals surface area contributed by atoms with Gasteiger partial charge in [0.15, 0.2) is 0 Å². The number of nitrogens with one attached hydrogen (secondary N) is 1. The molecule has 4 rings (SSSR count). The van der Waals surface area contributed by atoms with Gasteiger partial charge in [-0.25, -0.2) is 0 Å². The van der Waals surface area contributed by atoms with E-state index in [2.05, 4.69) is 5.32 Å². The van der Waals surface area contributed by atoms with Crippen LogP contribution in [0, 0.1) is 0 Å². The highest BCUT2D eigenvalue weighted by Crippen LogP contribution is 2.21. The van der Waals surface area contributed by atoms with Crippen LogP contribution in [-0.4, -0.2) is 49.6 Å². The number of hydrogen-bond donors (Lipinski definition) is 1. The lowest BCUT2D eigenvalue weighted by molar-refractivity contribution is 0.0303. The molecule has 1 aliphatic rings. The quantitative estimate of drug-likeness (QED) is 0.615. The molecule has 32 heavy (non-hydrogen) atoms. The van der Waals surface area contributed by atoms with Crippen LogP contribution in [0.5, 0.6) is 5.75 Å². The van der Waals surface area contributed by atoms with E-state index < -0.39 is 0 Å². The lowest BCUT2D eigenvalue weighted by atomic mass is 10.1. The average Bonchev–Trinajstić information content (AvgIpc) is 2.85. The molecule has 6 heteroatoms. The van der Waals surface area contributed by atoms with E-state index in [0.29, 0.717) is 55.5 Å². The molecule has 1 fully saturated rings. The van der Waals surface area contributed by atoms with E-state index in [1.807, 2.05) is 36.4 Å². The van der Waals surface area contributed by atoms with Crippen LogP contribution in [0.1, 0.15) is 26.3 Å². The van der Waals surface area contributed by atoms with Gasteiger partial charge in [-0.15, -0.1) is 0 Å². The Balaban J connectivity index is 1.41. The fourth-order valence-electron chi connectivity index (χ4n) is 3.58. The Kier molecular flexibility index (Phi) is 7.15. The summed E-state index contributed by atoms with van der Waals surface area (Å²) >= 11 is 0. The molecule has 0 radical (unpaired) electrons. The number of rotatable bonds is 7. The number of morpholine rings is 1. The van der Waals surface area contributed by atoms with E-state index in [1.165, 1.54) is 5.56 Å². The number of para-hydroxylation sites is 1. The zero-order valence-corrected chi connectivity index (χ0v) is 17.8. The topological polar surface area (TPSA) is 67.9 Å². The van der Waals surface area contributed by atoms with Gasteiger partial charge in [-0.1, -0.05) is 48.5 Å². The predicted molar refractivity (Wildman–Crippen MR) is 123 cm³/mol. The second kappa shape index (κ2) is 10.6. The molecule has 6 nitrogen and oxygen atoms in total. The SMILES string of the molecule is O=C(Nc1cccc(C(=O)N2CCOCC2)c1)c1ccccc1OCCc1ccccc1. The molecule has 2 amide bonds. The summed E-state index contributed by atoms with van der Waals surface area (Å²) in [6.45, 7) is 2.70. The van der Waals surface area contributed by atoms with Crippen LogP contribution in [0.4, 0.5) is 5.69 Å². The van der Waals surface area contributed by atoms with Crippen molar-refractivity contribution >= 4 is 17.5 Å². The van der Waals surface area contributed by atoms with Crippen molar-refractivity contribution in [2.45, 2.75) is 6.42 Å². The van der Waals surface area contributed by atoms with Crippen LogP contribution in [0.2, 0.25) is 0 Å². The van der Waals surface area contributed by atoms with Crippen molar-refractivity contribution in [3.8, 4) is 5.75 Å². The minimum atomic E-state index is -0.281. The third-order valence-corrected chi connectivity index (χ3v) is 5.29. The van der Waals surface area contributed by atoms with Crippen LogP contribution in [0.15, 0.2) is 78.9 Å². The van der Waals surface area contributed by atoms with E-state index in [0.717, 1.165) is 6.42 Å². The normalized spacial score (nSPS) is 13.4. The molecule has 1 saturated heterocycles. The van der Waals surface area contributed by atoms with E-state index in [-0.39, 0.29) is 11.8 Å². The third-order valence-electron chi connectivity index (χ3n) is 5.29. The van der Waals surface area contributed by atoms with Crippen molar-refractivity contribution in [2.75, 3.05) is 38.2 Å². The molecule has 0 saturated carbocycles. The van der Waals surface area contributed by atoms with Crippen LogP contribution < -0.4 is 10.1 Å². The number of hydrogen-bond acceptors (Lipinski definition) is 4. The van der Waals surface area contributed by atoms with Gasteiger partial charge in [-0.3, -0.25) is 9.59 Å². The minimum absolute atomic E-state index is 0.0611. The number of benzene rings is 3. The number of carbonyl (C=O) groups is 2. The molecule has 0 bridgehead atoms. The first kappa shape index (κ1) is 21.6. The second-order valence-electron chi connectivity index (χ2n) is 7.52. The molecule has 1 aliphatic heterocycles. The van der Waals surface area contributed by atoms with Gasteiger partial charge >= 0.3 is 0 Å². The molecule has 0 aromatic heterocycles. The summed E-state index contributed by atoms with van der Waals surface area (Å²) in [6.07, 6.45) is 0.752. The van der Waals surface area contributed by atoms with Gasteiger partial charge in [-0.2, -0.15) is 0 Å². The first-order chi connectivity index (χ1) is 15.7. The van der Waals surface area contributed by atoms with Gasteiger partial charge in [0.05, 0.1) is 25.4 Å². The number of ether oxygens (including phenoxy) is 2. The van der Waals surface area contributed by atoms with Crippen molar-refractivity contribution in [3.63, 3.8) is 0 Å². The molecule has 1 N–H and O–H groups in total. The summed E-state index contributed by atoms with van der Waals surface area (Å²) in [6, 6.07) is 24.2. The lowest BCUT2D eigenvalue weighted by Gasteiger charge is -2.27. The fourth-order valence-corrected chi connectivity index (χ4v) is 3.58. The maximum Gasteiger partial charge on any atom is 0.259 e. The highest BCUT2D eigenvalue weighted by molar-refractivity contribution is 6.06. The van der Waals surface area contributed by atoms with E-state index in [9.17, 15) is 9.59 Å². The maximum atomic E-state index is 12.9. The Morgan fingerprint density at radius 1 is 0.906 bits per heavy atom. The molecule has 0 spiro atoms. The standard InChI is InChI=1S/C26H26N2O4/c29-25(23-11-4-5-12-24(23)32-16-13-20-7-2-1-3-8-20)27-22-10-6-9-21(19-22)26(30)28-14-17-31-18-15-28/h1-12,19H,13-18H2,(H,27,29). The van der Waals surface area contributed by atoms with Crippen LogP contribution in [0.3, 0.4) is 0 Å². The summed E-state index contributed by atoms with van der Waals surface area (Å²) in [4.78, 5) is 27.4. The molecule has 164 valence electrons. The second-order valence-corrected chi connectivity index (χ2v) is 7.52. The predicted octanol–water partition coefficient (Wildman–Crippen LogP) is 4.03. The molecule has 3 aromatic carbocycles. The first-order valence-corrected chi connectivity index (χ1v) is 10.7. The van der Waals surface area contributed by atoms with Crippen molar-refractivity contribution in [3.05, 3.63) is 95.6 Å². The van der Waals surface area contributed by atoms with E-state index >= 15 is 0 Å². The van der Waals surface area contributed by atoms with Crippen LogP contribution >= 0.6 is 0 Å². The highest BCUT2D eigenvalue weighted by Gasteiger charge is 2.19. The molecule has 1 heterocycles. The summed E-state index contributed by atoms with van der Waals surface area (Å²) in [5.74, 6) is 0.187. The monoisotopic (exact) mass is 430 g/mol. The number of nitrogens with zero attached hydrogens (tertiary/aromatic N) is 1. The number of amides is 2. The van der Waals surface area contributed by atoms with E-state index in [4.69, 9.17) is 9.47 Å². The largest absolute Gasteiger partial charge is 0.492 e. The lowest BCUT2D eigenvalue weighted by Crippen LogP contribution is -2.40. The van der Waals surface area contributed by atoms with Gasteiger partial charge < -0.3 is 19.7 Å². The zero-order chi connectivity index (χ0) is 22.2. The maximum absolute atomic E-state index is 12.9. The van der Waals surface area contributed by atoms with Crippen LogP contribution in [0.25, 0.3) is 0 Å². The third kappa shape index (κ3) is 5.53. The highest BCUT2D eigenvalue weighted by atomic mass is 16.5. The Labute approximate surface area is 187 Å². The Morgan fingerprint density at radius 2 is 1.66 bits per heavy atom. The molecule has 0 atom stereocenters. The smallest absolute Gasteiger partial charge is 0.259 e. The molecular weight excluding hydrogens is 404 g/mol. The molecule has 3 aromatic rings. The minimum Gasteiger partial charge on any atom is -0.492 e. The Bertz CT molecular complexity index is 1060. The summed E-state index contributed by atoms with van der Waals surface area (Å²) in [7, 11) is 0. The summed E-state index contributed by atoms with van der Waals surface area (Å²) in [5.41, 5.74) is 2.73. The summed E-state index contributed by atoms with van der Waals surface area (Å²) < 4.78 is 11.2.